The highest BCUT2D eigenvalue weighted by molar-refractivity contribution is 7.80. The van der Waals surface area contributed by atoms with Gasteiger partial charge >= 0.3 is 0 Å². The second-order valence-corrected chi connectivity index (χ2v) is 5.84. The van der Waals surface area contributed by atoms with Crippen LogP contribution < -0.4 is 20.9 Å². The number of methoxy groups -OCH3 is 1. The Morgan fingerprint density at radius 3 is 2.46 bits per heavy atom. The van der Waals surface area contributed by atoms with Crippen molar-refractivity contribution >= 4 is 23.2 Å². The summed E-state index contributed by atoms with van der Waals surface area (Å²) in [7, 11) is 1.63. The summed E-state index contributed by atoms with van der Waals surface area (Å²) < 4.78 is 5.11. The fourth-order valence-electron chi connectivity index (χ4n) is 2.13. The van der Waals surface area contributed by atoms with E-state index in [0.29, 0.717) is 17.2 Å². The summed E-state index contributed by atoms with van der Waals surface area (Å²) in [5.41, 5.74) is 8.95. The number of thiocarbonyl (C=S) groups is 1. The molecule has 0 radical (unpaired) electrons. The first kappa shape index (κ1) is 17.7. The SMILES string of the molecule is COc1ccc(CNC(=S)NNC(=O)c2cc(C)ccc2C)cc1. The van der Waals surface area contributed by atoms with Crippen molar-refractivity contribution in [2.45, 2.75) is 20.4 Å². The Bertz CT molecular complexity index is 730. The number of hydrazine groups is 1. The summed E-state index contributed by atoms with van der Waals surface area (Å²) >= 11 is 5.17. The molecule has 3 N–H and O–H groups in total. The number of hydrogen-bond acceptors (Lipinski definition) is 3. The van der Waals surface area contributed by atoms with Gasteiger partial charge in [0, 0.05) is 12.1 Å². The smallest absolute Gasteiger partial charge is 0.269 e. The third kappa shape index (κ3) is 4.96. The van der Waals surface area contributed by atoms with E-state index in [9.17, 15) is 4.79 Å². The van der Waals surface area contributed by atoms with Crippen molar-refractivity contribution < 1.29 is 9.53 Å². The molecule has 0 saturated heterocycles. The van der Waals surface area contributed by atoms with Crippen LogP contribution in [0, 0.1) is 13.8 Å². The zero-order chi connectivity index (χ0) is 17.5. The average Bonchev–Trinajstić information content (AvgIpc) is 2.60. The highest BCUT2D eigenvalue weighted by atomic mass is 32.1. The molecule has 0 bridgehead atoms. The maximum atomic E-state index is 12.2. The molecule has 0 aliphatic rings. The van der Waals surface area contributed by atoms with Crippen molar-refractivity contribution in [2.24, 2.45) is 0 Å². The first-order valence-corrected chi connectivity index (χ1v) is 7.95. The molecule has 2 aromatic rings. The number of aryl methyl sites for hydroxylation is 2. The molecule has 0 saturated carbocycles. The van der Waals surface area contributed by atoms with Crippen LogP contribution in [-0.4, -0.2) is 18.1 Å². The Kier molecular flexibility index (Phi) is 6.14. The number of hydrogen-bond donors (Lipinski definition) is 3. The summed E-state index contributed by atoms with van der Waals surface area (Å²) in [4.78, 5) is 12.2. The minimum absolute atomic E-state index is 0.218. The Morgan fingerprint density at radius 1 is 1.08 bits per heavy atom. The van der Waals surface area contributed by atoms with E-state index < -0.39 is 0 Å². The first-order valence-electron chi connectivity index (χ1n) is 7.54. The van der Waals surface area contributed by atoms with Crippen LogP contribution in [0.25, 0.3) is 0 Å². The van der Waals surface area contributed by atoms with Gasteiger partial charge in [0.25, 0.3) is 5.91 Å². The number of carbonyl (C=O) groups is 1. The quantitative estimate of drug-likeness (QED) is 0.588. The fourth-order valence-corrected chi connectivity index (χ4v) is 2.25. The van der Waals surface area contributed by atoms with Gasteiger partial charge in [-0.05, 0) is 55.4 Å². The zero-order valence-corrected chi connectivity index (χ0v) is 14.8. The highest BCUT2D eigenvalue weighted by Gasteiger charge is 2.09. The van der Waals surface area contributed by atoms with E-state index in [1.165, 1.54) is 0 Å². The van der Waals surface area contributed by atoms with Gasteiger partial charge in [-0.15, -0.1) is 0 Å². The third-order valence-corrected chi connectivity index (χ3v) is 3.79. The molecule has 2 rings (SSSR count). The number of benzene rings is 2. The molecule has 0 spiro atoms. The van der Waals surface area contributed by atoms with Crippen molar-refractivity contribution in [1.29, 1.82) is 0 Å². The van der Waals surface area contributed by atoms with Crippen LogP contribution in [0.3, 0.4) is 0 Å². The van der Waals surface area contributed by atoms with Crippen LogP contribution in [0.15, 0.2) is 42.5 Å². The second-order valence-electron chi connectivity index (χ2n) is 5.43. The fraction of sp³-hybridized carbons (Fsp3) is 0.222. The van der Waals surface area contributed by atoms with Crippen molar-refractivity contribution in [3.05, 3.63) is 64.7 Å². The molecule has 0 heterocycles. The first-order chi connectivity index (χ1) is 11.5. The molecule has 6 heteroatoms. The Hall–Kier alpha value is -2.60. The lowest BCUT2D eigenvalue weighted by Crippen LogP contribution is -2.46. The van der Waals surface area contributed by atoms with E-state index in [0.717, 1.165) is 22.4 Å². The van der Waals surface area contributed by atoms with Crippen LogP contribution in [0.2, 0.25) is 0 Å². The Balaban J connectivity index is 1.82. The van der Waals surface area contributed by atoms with Gasteiger partial charge in [-0.1, -0.05) is 29.8 Å². The van der Waals surface area contributed by atoms with Gasteiger partial charge in [-0.25, -0.2) is 0 Å². The maximum Gasteiger partial charge on any atom is 0.269 e. The topological polar surface area (TPSA) is 62.4 Å². The molecule has 126 valence electrons. The number of ether oxygens (including phenoxy) is 1. The van der Waals surface area contributed by atoms with Gasteiger partial charge in [0.15, 0.2) is 5.11 Å². The summed E-state index contributed by atoms with van der Waals surface area (Å²) in [6.45, 7) is 4.40. The van der Waals surface area contributed by atoms with Gasteiger partial charge in [0.05, 0.1) is 7.11 Å². The molecule has 0 aliphatic heterocycles. The molecular weight excluding hydrogens is 322 g/mol. The largest absolute Gasteiger partial charge is 0.497 e. The predicted molar refractivity (Wildman–Crippen MR) is 98.9 cm³/mol. The molecule has 0 unspecified atom stereocenters. The second kappa shape index (κ2) is 8.31. The van der Waals surface area contributed by atoms with Crippen molar-refractivity contribution in [3.8, 4) is 5.75 Å². The van der Waals surface area contributed by atoms with Crippen LogP contribution in [-0.2, 0) is 6.54 Å². The van der Waals surface area contributed by atoms with E-state index >= 15 is 0 Å². The summed E-state index contributed by atoms with van der Waals surface area (Å²) in [5.74, 6) is 0.588. The average molecular weight is 343 g/mol. The lowest BCUT2D eigenvalue weighted by molar-refractivity contribution is 0.0943. The monoisotopic (exact) mass is 343 g/mol. The van der Waals surface area contributed by atoms with E-state index in [-0.39, 0.29) is 5.91 Å². The van der Waals surface area contributed by atoms with Crippen LogP contribution in [0.5, 0.6) is 5.75 Å². The summed E-state index contributed by atoms with van der Waals surface area (Å²) in [6.07, 6.45) is 0. The van der Waals surface area contributed by atoms with Gasteiger partial charge in [0.1, 0.15) is 5.75 Å². The molecule has 0 atom stereocenters. The lowest BCUT2D eigenvalue weighted by atomic mass is 10.1. The van der Waals surface area contributed by atoms with E-state index in [4.69, 9.17) is 17.0 Å². The molecule has 0 aliphatic carbocycles. The van der Waals surface area contributed by atoms with Crippen LogP contribution >= 0.6 is 12.2 Å². The van der Waals surface area contributed by atoms with Crippen LogP contribution in [0.1, 0.15) is 27.0 Å². The van der Waals surface area contributed by atoms with Crippen molar-refractivity contribution in [3.63, 3.8) is 0 Å². The molecule has 24 heavy (non-hydrogen) atoms. The number of amides is 1. The van der Waals surface area contributed by atoms with Crippen molar-refractivity contribution in [1.82, 2.24) is 16.2 Å². The minimum atomic E-state index is -0.218. The molecule has 1 amide bonds. The van der Waals surface area contributed by atoms with Gasteiger partial charge in [-0.2, -0.15) is 0 Å². The van der Waals surface area contributed by atoms with Crippen LogP contribution in [0.4, 0.5) is 0 Å². The predicted octanol–water partition coefficient (Wildman–Crippen LogP) is 2.62. The molecule has 0 fully saturated rings. The van der Waals surface area contributed by atoms with E-state index in [1.807, 2.05) is 56.3 Å². The number of rotatable bonds is 4. The Morgan fingerprint density at radius 2 is 1.79 bits per heavy atom. The number of nitrogens with one attached hydrogen (secondary N) is 3. The lowest BCUT2D eigenvalue weighted by Gasteiger charge is -2.13. The van der Waals surface area contributed by atoms with Crippen molar-refractivity contribution in [2.75, 3.05) is 7.11 Å². The van der Waals surface area contributed by atoms with Gasteiger partial charge < -0.3 is 10.1 Å². The minimum Gasteiger partial charge on any atom is -0.497 e. The molecular formula is C18H21N3O2S. The van der Waals surface area contributed by atoms with Gasteiger partial charge in [-0.3, -0.25) is 15.6 Å². The third-order valence-electron chi connectivity index (χ3n) is 3.54. The molecule has 2 aromatic carbocycles. The van der Waals surface area contributed by atoms with E-state index in [1.54, 1.807) is 7.11 Å². The Labute approximate surface area is 147 Å². The standard InChI is InChI=1S/C18H21N3O2S/c1-12-4-5-13(2)16(10-12)17(22)20-21-18(24)19-11-14-6-8-15(23-3)9-7-14/h4-10H,11H2,1-3H3,(H,20,22)(H2,19,21,24). The normalized spacial score (nSPS) is 9.96. The van der Waals surface area contributed by atoms with E-state index in [2.05, 4.69) is 16.2 Å². The highest BCUT2D eigenvalue weighted by Crippen LogP contribution is 2.11. The summed E-state index contributed by atoms with van der Waals surface area (Å²) in [5, 5.41) is 3.39. The maximum absolute atomic E-state index is 12.2. The molecule has 0 aromatic heterocycles. The summed E-state index contributed by atoms with van der Waals surface area (Å²) in [6, 6.07) is 13.4. The van der Waals surface area contributed by atoms with Gasteiger partial charge in [0.2, 0.25) is 0 Å². The number of carbonyl (C=O) groups excluding carboxylic acids is 1. The zero-order valence-electron chi connectivity index (χ0n) is 14.0. The molecule has 5 nitrogen and oxygen atoms in total.